The average molecular weight is 290 g/mol. The van der Waals surface area contributed by atoms with Gasteiger partial charge in [-0.2, -0.15) is 4.52 Å². The van der Waals surface area contributed by atoms with Crippen LogP contribution in [-0.4, -0.2) is 47.9 Å². The molecule has 0 fully saturated rings. The Bertz CT molecular complexity index is 791. The van der Waals surface area contributed by atoms with Crippen LogP contribution in [0.5, 0.6) is 0 Å². The second kappa shape index (κ2) is 5.38. The number of aromatic nitrogens is 6. The highest BCUT2D eigenvalue weighted by molar-refractivity contribution is 5.91. The van der Waals surface area contributed by atoms with Crippen LogP contribution in [0.1, 0.15) is 24.0 Å². The lowest BCUT2D eigenvalue weighted by atomic mass is 10.2. The molecule has 0 radical (unpaired) electrons. The highest BCUT2D eigenvalue weighted by atomic mass is 16.5. The van der Waals surface area contributed by atoms with Crippen molar-refractivity contribution < 1.29 is 9.84 Å². The summed E-state index contributed by atoms with van der Waals surface area (Å²) in [6.45, 7) is 7.44. The van der Waals surface area contributed by atoms with Crippen molar-refractivity contribution in [1.82, 2.24) is 29.6 Å². The lowest BCUT2D eigenvalue weighted by Crippen LogP contribution is -2.09. The normalized spacial score (nSPS) is 11.8. The molecule has 0 amide bonds. The van der Waals surface area contributed by atoms with E-state index in [1.807, 2.05) is 25.3 Å². The number of fused-ring (bicyclic) bond motifs is 3. The highest BCUT2D eigenvalue weighted by Crippen LogP contribution is 2.26. The van der Waals surface area contributed by atoms with Crippen molar-refractivity contribution in [1.29, 1.82) is 0 Å². The zero-order valence-electron chi connectivity index (χ0n) is 12.4. The number of aliphatic hydroxyl groups excluding tert-OH is 1. The van der Waals surface area contributed by atoms with Crippen molar-refractivity contribution in [3.63, 3.8) is 0 Å². The van der Waals surface area contributed by atoms with Gasteiger partial charge in [0.05, 0.1) is 12.1 Å². The standard InChI is InChI=1S/C13H18N6O2/c1-4-21-7-10-14-11-12(18(10)5-6-20)8(2)9(3)19-13(11)15-16-17-19/h20H,4-7H2,1-3H3. The second-order valence-electron chi connectivity index (χ2n) is 4.86. The molecule has 3 aromatic rings. The SMILES string of the molecule is CCOCc1nc2c(c(C)c(C)n3nnnc23)n1CCO. The molecule has 0 unspecified atom stereocenters. The van der Waals surface area contributed by atoms with E-state index in [1.165, 1.54) is 0 Å². The molecular weight excluding hydrogens is 272 g/mol. The number of rotatable bonds is 5. The van der Waals surface area contributed by atoms with Crippen LogP contribution >= 0.6 is 0 Å². The number of nitrogens with zero attached hydrogens (tertiary/aromatic N) is 6. The van der Waals surface area contributed by atoms with Crippen molar-refractivity contribution in [3.8, 4) is 0 Å². The van der Waals surface area contributed by atoms with Crippen LogP contribution in [-0.2, 0) is 17.9 Å². The Labute approximate surface area is 121 Å². The maximum Gasteiger partial charge on any atom is 0.207 e. The lowest BCUT2D eigenvalue weighted by Gasteiger charge is -2.10. The minimum atomic E-state index is 0.0409. The Morgan fingerprint density at radius 2 is 2.10 bits per heavy atom. The zero-order valence-corrected chi connectivity index (χ0v) is 12.4. The minimum Gasteiger partial charge on any atom is -0.395 e. The number of ether oxygens (including phenoxy) is 1. The third-order valence-electron chi connectivity index (χ3n) is 3.70. The quantitative estimate of drug-likeness (QED) is 0.741. The van der Waals surface area contributed by atoms with Crippen molar-refractivity contribution in [2.24, 2.45) is 0 Å². The Morgan fingerprint density at radius 1 is 1.29 bits per heavy atom. The summed E-state index contributed by atoms with van der Waals surface area (Å²) in [4.78, 5) is 4.63. The first kappa shape index (κ1) is 13.9. The number of pyridine rings is 1. The summed E-state index contributed by atoms with van der Waals surface area (Å²) in [6, 6.07) is 0. The molecule has 0 saturated carbocycles. The summed E-state index contributed by atoms with van der Waals surface area (Å²) in [6.07, 6.45) is 0. The molecule has 3 aromatic heterocycles. The van der Waals surface area contributed by atoms with Gasteiger partial charge in [-0.05, 0) is 36.8 Å². The van der Waals surface area contributed by atoms with Gasteiger partial charge >= 0.3 is 0 Å². The molecule has 8 heteroatoms. The van der Waals surface area contributed by atoms with Crippen LogP contribution in [0, 0.1) is 13.8 Å². The maximum atomic E-state index is 9.35. The summed E-state index contributed by atoms with van der Waals surface area (Å²) in [5.41, 5.74) is 4.34. The molecular formula is C13H18N6O2. The summed E-state index contributed by atoms with van der Waals surface area (Å²) < 4.78 is 9.16. The smallest absolute Gasteiger partial charge is 0.207 e. The van der Waals surface area contributed by atoms with E-state index in [-0.39, 0.29) is 6.61 Å². The van der Waals surface area contributed by atoms with Crippen LogP contribution in [0.2, 0.25) is 0 Å². The Morgan fingerprint density at radius 3 is 2.81 bits per heavy atom. The van der Waals surface area contributed by atoms with Crippen molar-refractivity contribution in [2.75, 3.05) is 13.2 Å². The molecule has 0 aromatic carbocycles. The topological polar surface area (TPSA) is 90.4 Å². The third-order valence-corrected chi connectivity index (χ3v) is 3.70. The second-order valence-corrected chi connectivity index (χ2v) is 4.86. The molecule has 0 spiro atoms. The van der Waals surface area contributed by atoms with Crippen molar-refractivity contribution >= 4 is 16.7 Å². The van der Waals surface area contributed by atoms with Gasteiger partial charge in [-0.3, -0.25) is 0 Å². The molecule has 1 N–H and O–H groups in total. The fourth-order valence-electron chi connectivity index (χ4n) is 2.57. The third kappa shape index (κ3) is 2.07. The van der Waals surface area contributed by atoms with Gasteiger partial charge in [0.15, 0.2) is 0 Å². The lowest BCUT2D eigenvalue weighted by molar-refractivity contribution is 0.125. The molecule has 0 bridgehead atoms. The predicted octanol–water partition coefficient (Wildman–Crippen LogP) is 0.620. The largest absolute Gasteiger partial charge is 0.395 e. The summed E-state index contributed by atoms with van der Waals surface area (Å²) in [7, 11) is 0. The van der Waals surface area contributed by atoms with Crippen molar-refractivity contribution in [3.05, 3.63) is 17.1 Å². The summed E-state index contributed by atoms with van der Waals surface area (Å²) in [5.74, 6) is 0.777. The number of aliphatic hydroxyl groups is 1. The van der Waals surface area contributed by atoms with E-state index < -0.39 is 0 Å². The maximum absolute atomic E-state index is 9.35. The van der Waals surface area contributed by atoms with Crippen LogP contribution < -0.4 is 0 Å². The number of tetrazole rings is 1. The molecule has 21 heavy (non-hydrogen) atoms. The number of hydrogen-bond acceptors (Lipinski definition) is 6. The molecule has 0 aliphatic rings. The average Bonchev–Trinajstić information content (AvgIpc) is 3.08. The van der Waals surface area contributed by atoms with Gasteiger partial charge in [0.25, 0.3) is 0 Å². The van der Waals surface area contributed by atoms with E-state index in [4.69, 9.17) is 4.74 Å². The van der Waals surface area contributed by atoms with Crippen molar-refractivity contribution in [2.45, 2.75) is 33.9 Å². The fraction of sp³-hybridized carbons (Fsp3) is 0.538. The van der Waals surface area contributed by atoms with Gasteiger partial charge in [0, 0.05) is 18.8 Å². The first-order valence-corrected chi connectivity index (χ1v) is 6.94. The number of aryl methyl sites for hydroxylation is 2. The van der Waals surface area contributed by atoms with Crippen LogP contribution in [0.3, 0.4) is 0 Å². The highest BCUT2D eigenvalue weighted by Gasteiger charge is 2.19. The molecule has 0 atom stereocenters. The minimum absolute atomic E-state index is 0.0409. The monoisotopic (exact) mass is 290 g/mol. The van der Waals surface area contributed by atoms with Gasteiger partial charge in [0.2, 0.25) is 5.65 Å². The van der Waals surface area contributed by atoms with E-state index in [2.05, 4.69) is 20.5 Å². The molecule has 8 nitrogen and oxygen atoms in total. The number of hydrogen-bond donors (Lipinski definition) is 1. The molecule has 0 aliphatic heterocycles. The molecule has 112 valence electrons. The molecule has 3 heterocycles. The van der Waals surface area contributed by atoms with E-state index in [9.17, 15) is 5.11 Å². The van der Waals surface area contributed by atoms with Gasteiger partial charge in [-0.15, -0.1) is 5.10 Å². The van der Waals surface area contributed by atoms with Gasteiger partial charge in [-0.25, -0.2) is 4.98 Å². The summed E-state index contributed by atoms with van der Waals surface area (Å²) >= 11 is 0. The van der Waals surface area contributed by atoms with E-state index in [0.717, 1.165) is 28.1 Å². The fourth-order valence-corrected chi connectivity index (χ4v) is 2.57. The van der Waals surface area contributed by atoms with E-state index >= 15 is 0 Å². The van der Waals surface area contributed by atoms with E-state index in [0.29, 0.717) is 25.4 Å². The Balaban J connectivity index is 2.34. The zero-order chi connectivity index (χ0) is 15.0. The molecule has 0 aliphatic carbocycles. The Kier molecular flexibility index (Phi) is 3.56. The molecule has 0 saturated heterocycles. The van der Waals surface area contributed by atoms with Crippen LogP contribution in [0.4, 0.5) is 0 Å². The van der Waals surface area contributed by atoms with Crippen LogP contribution in [0.25, 0.3) is 16.7 Å². The first-order valence-electron chi connectivity index (χ1n) is 6.94. The van der Waals surface area contributed by atoms with Gasteiger partial charge in [0.1, 0.15) is 17.9 Å². The van der Waals surface area contributed by atoms with Gasteiger partial charge < -0.3 is 14.4 Å². The Hall–Kier alpha value is -2.06. The summed E-state index contributed by atoms with van der Waals surface area (Å²) in [5, 5.41) is 21.1. The van der Waals surface area contributed by atoms with Crippen LogP contribution in [0.15, 0.2) is 0 Å². The first-order chi connectivity index (χ1) is 10.2. The van der Waals surface area contributed by atoms with Gasteiger partial charge in [-0.1, -0.05) is 0 Å². The predicted molar refractivity (Wildman–Crippen MR) is 76.0 cm³/mol. The molecule has 3 rings (SSSR count). The number of imidazole rings is 1. The van der Waals surface area contributed by atoms with E-state index in [1.54, 1.807) is 4.52 Å².